The largest absolute Gasteiger partial charge is 0.466 e. The first-order chi connectivity index (χ1) is 9.35. The molecule has 1 atom stereocenters. The third-order valence-electron chi connectivity index (χ3n) is 2.80. The van der Waals surface area contributed by atoms with Crippen LogP contribution in [0.2, 0.25) is 0 Å². The van der Waals surface area contributed by atoms with Gasteiger partial charge in [0.15, 0.2) is 0 Å². The van der Waals surface area contributed by atoms with E-state index in [1.165, 1.54) is 25.1 Å². The molecule has 4 nitrogen and oxygen atoms in total. The summed E-state index contributed by atoms with van der Waals surface area (Å²) in [6, 6.07) is 5.80. The summed E-state index contributed by atoms with van der Waals surface area (Å²) in [5.41, 5.74) is -0.922. The van der Waals surface area contributed by atoms with Crippen molar-refractivity contribution in [1.29, 1.82) is 0 Å². The van der Waals surface area contributed by atoms with Crippen molar-refractivity contribution < 1.29 is 28.2 Å². The third kappa shape index (κ3) is 5.13. The summed E-state index contributed by atoms with van der Waals surface area (Å²) < 4.78 is 33.3. The Morgan fingerprint density at radius 1 is 1.45 bits per heavy atom. The van der Waals surface area contributed by atoms with Crippen molar-refractivity contribution in [3.63, 3.8) is 0 Å². The van der Waals surface area contributed by atoms with Crippen LogP contribution in [0.5, 0.6) is 5.75 Å². The number of hydrogen-bond acceptors (Lipinski definition) is 4. The Hall–Kier alpha value is -1.69. The molecule has 6 heteroatoms. The standard InChI is InChI=1S/C14H18F2O4/c1-3-19-12(17)7-8-14(2,18)10-5-4-6-11(9-10)20-13(15)16/h4-6,9,13,18H,3,7-8H2,1-2H3. The number of ether oxygens (including phenoxy) is 2. The summed E-state index contributed by atoms with van der Waals surface area (Å²) in [7, 11) is 0. The van der Waals surface area contributed by atoms with Crippen molar-refractivity contribution in [2.75, 3.05) is 6.61 Å². The molecule has 20 heavy (non-hydrogen) atoms. The summed E-state index contributed by atoms with van der Waals surface area (Å²) >= 11 is 0. The minimum Gasteiger partial charge on any atom is -0.466 e. The predicted molar refractivity (Wildman–Crippen MR) is 68.5 cm³/mol. The fraction of sp³-hybridized carbons (Fsp3) is 0.500. The van der Waals surface area contributed by atoms with Crippen molar-refractivity contribution in [2.45, 2.75) is 38.9 Å². The summed E-state index contributed by atoms with van der Waals surface area (Å²) in [5, 5.41) is 10.3. The average Bonchev–Trinajstić information content (AvgIpc) is 2.36. The highest BCUT2D eigenvalue weighted by molar-refractivity contribution is 5.69. The molecule has 0 aliphatic carbocycles. The molecule has 0 saturated carbocycles. The van der Waals surface area contributed by atoms with E-state index in [9.17, 15) is 18.7 Å². The molecular weight excluding hydrogens is 270 g/mol. The van der Waals surface area contributed by atoms with Crippen LogP contribution in [0.4, 0.5) is 8.78 Å². The molecule has 112 valence electrons. The first-order valence-corrected chi connectivity index (χ1v) is 6.28. The lowest BCUT2D eigenvalue weighted by Crippen LogP contribution is -2.23. The smallest absolute Gasteiger partial charge is 0.387 e. The van der Waals surface area contributed by atoms with Crippen LogP contribution in [0.1, 0.15) is 32.3 Å². The third-order valence-corrected chi connectivity index (χ3v) is 2.80. The number of rotatable bonds is 7. The second-order valence-electron chi connectivity index (χ2n) is 4.49. The van der Waals surface area contributed by atoms with E-state index < -0.39 is 18.2 Å². The number of hydrogen-bond donors (Lipinski definition) is 1. The fourth-order valence-corrected chi connectivity index (χ4v) is 1.73. The van der Waals surface area contributed by atoms with Gasteiger partial charge in [0, 0.05) is 6.42 Å². The molecule has 0 amide bonds. The molecule has 1 rings (SSSR count). The molecular formula is C14H18F2O4. The van der Waals surface area contributed by atoms with Gasteiger partial charge in [0.1, 0.15) is 5.75 Å². The lowest BCUT2D eigenvalue weighted by atomic mass is 9.91. The maximum Gasteiger partial charge on any atom is 0.387 e. The van der Waals surface area contributed by atoms with Gasteiger partial charge in [-0.15, -0.1) is 0 Å². The highest BCUT2D eigenvalue weighted by Gasteiger charge is 2.25. The summed E-state index contributed by atoms with van der Waals surface area (Å²) in [4.78, 5) is 11.3. The molecule has 0 heterocycles. The lowest BCUT2D eigenvalue weighted by Gasteiger charge is -2.24. The molecule has 1 unspecified atom stereocenters. The van der Waals surface area contributed by atoms with Gasteiger partial charge in [-0.3, -0.25) is 4.79 Å². The predicted octanol–water partition coefficient (Wildman–Crippen LogP) is 2.84. The second kappa shape index (κ2) is 7.19. The molecule has 0 aromatic heterocycles. The number of alkyl halides is 2. The number of halogens is 2. The first kappa shape index (κ1) is 16.4. The number of carbonyl (C=O) groups excluding carboxylic acids is 1. The summed E-state index contributed by atoms with van der Waals surface area (Å²) in [6.07, 6.45) is 0.171. The quantitative estimate of drug-likeness (QED) is 0.784. The zero-order valence-corrected chi connectivity index (χ0v) is 11.4. The average molecular weight is 288 g/mol. The minimum absolute atomic E-state index is 0.0334. The Balaban J connectivity index is 2.73. The fourth-order valence-electron chi connectivity index (χ4n) is 1.73. The first-order valence-electron chi connectivity index (χ1n) is 6.28. The second-order valence-corrected chi connectivity index (χ2v) is 4.49. The number of carbonyl (C=O) groups is 1. The van der Waals surface area contributed by atoms with E-state index in [0.717, 1.165) is 0 Å². The number of benzene rings is 1. The van der Waals surface area contributed by atoms with Gasteiger partial charge in [0.05, 0.1) is 12.2 Å². The maximum atomic E-state index is 12.1. The van der Waals surface area contributed by atoms with E-state index in [0.29, 0.717) is 5.56 Å². The van der Waals surface area contributed by atoms with Crippen molar-refractivity contribution in [3.05, 3.63) is 29.8 Å². The van der Waals surface area contributed by atoms with Crippen LogP contribution in [0.15, 0.2) is 24.3 Å². The van der Waals surface area contributed by atoms with Crippen molar-refractivity contribution in [1.82, 2.24) is 0 Å². The maximum absolute atomic E-state index is 12.1. The Kier molecular flexibility index (Phi) is 5.88. The molecule has 0 spiro atoms. The van der Waals surface area contributed by atoms with Crippen molar-refractivity contribution in [3.8, 4) is 5.75 Å². The zero-order valence-electron chi connectivity index (χ0n) is 11.4. The van der Waals surface area contributed by atoms with Crippen LogP contribution in [0, 0.1) is 0 Å². The Labute approximate surface area is 116 Å². The van der Waals surface area contributed by atoms with Crippen LogP contribution in [-0.4, -0.2) is 24.3 Å². The Morgan fingerprint density at radius 2 is 2.15 bits per heavy atom. The number of esters is 1. The van der Waals surface area contributed by atoms with Crippen molar-refractivity contribution in [2.24, 2.45) is 0 Å². The van der Waals surface area contributed by atoms with Gasteiger partial charge in [-0.1, -0.05) is 12.1 Å². The summed E-state index contributed by atoms with van der Waals surface area (Å²) in [5.74, 6) is -0.443. The molecule has 1 aromatic rings. The minimum atomic E-state index is -2.92. The number of aliphatic hydroxyl groups is 1. The molecule has 0 fully saturated rings. The normalized spacial score (nSPS) is 13.9. The van der Waals surface area contributed by atoms with Gasteiger partial charge >= 0.3 is 12.6 Å². The van der Waals surface area contributed by atoms with Crippen LogP contribution < -0.4 is 4.74 Å². The van der Waals surface area contributed by atoms with E-state index in [2.05, 4.69) is 4.74 Å². The van der Waals surface area contributed by atoms with Gasteiger partial charge in [0.2, 0.25) is 0 Å². The van der Waals surface area contributed by atoms with E-state index in [1.807, 2.05) is 0 Å². The van der Waals surface area contributed by atoms with Crippen molar-refractivity contribution >= 4 is 5.97 Å². The molecule has 0 bridgehead atoms. The van der Waals surface area contributed by atoms with Gasteiger partial charge in [-0.25, -0.2) is 0 Å². The van der Waals surface area contributed by atoms with E-state index in [4.69, 9.17) is 4.74 Å². The van der Waals surface area contributed by atoms with Crippen LogP contribution in [0.3, 0.4) is 0 Å². The highest BCUT2D eigenvalue weighted by atomic mass is 19.3. The highest BCUT2D eigenvalue weighted by Crippen LogP contribution is 2.29. The monoisotopic (exact) mass is 288 g/mol. The van der Waals surface area contributed by atoms with Gasteiger partial charge < -0.3 is 14.6 Å². The SMILES string of the molecule is CCOC(=O)CCC(C)(O)c1cccc(OC(F)F)c1. The lowest BCUT2D eigenvalue weighted by molar-refractivity contribution is -0.144. The topological polar surface area (TPSA) is 55.8 Å². The Bertz CT molecular complexity index is 447. The van der Waals surface area contributed by atoms with Crippen LogP contribution >= 0.6 is 0 Å². The molecule has 0 aliphatic heterocycles. The van der Waals surface area contributed by atoms with Crippen LogP contribution in [-0.2, 0) is 15.1 Å². The Morgan fingerprint density at radius 3 is 2.75 bits per heavy atom. The molecule has 0 aliphatic rings. The molecule has 0 radical (unpaired) electrons. The molecule has 1 N–H and O–H groups in total. The molecule has 0 saturated heterocycles. The van der Waals surface area contributed by atoms with Gasteiger partial charge in [0.25, 0.3) is 0 Å². The molecule has 1 aromatic carbocycles. The van der Waals surface area contributed by atoms with E-state index in [1.54, 1.807) is 13.0 Å². The van der Waals surface area contributed by atoms with Gasteiger partial charge in [-0.05, 0) is 38.0 Å². The van der Waals surface area contributed by atoms with Crippen LogP contribution in [0.25, 0.3) is 0 Å². The van der Waals surface area contributed by atoms with E-state index in [-0.39, 0.29) is 25.2 Å². The zero-order chi connectivity index (χ0) is 15.2. The van der Waals surface area contributed by atoms with Gasteiger partial charge in [-0.2, -0.15) is 8.78 Å². The van der Waals surface area contributed by atoms with E-state index >= 15 is 0 Å². The summed E-state index contributed by atoms with van der Waals surface area (Å²) in [6.45, 7) is 0.558.